The summed E-state index contributed by atoms with van der Waals surface area (Å²) in [6.07, 6.45) is -0.453. The molecule has 0 saturated heterocycles. The van der Waals surface area contributed by atoms with E-state index in [0.717, 1.165) is 5.56 Å². The molecule has 1 aromatic heterocycles. The topological polar surface area (TPSA) is 110 Å². The van der Waals surface area contributed by atoms with Crippen molar-refractivity contribution in [1.29, 1.82) is 0 Å². The van der Waals surface area contributed by atoms with E-state index in [-0.39, 0.29) is 5.56 Å². The highest BCUT2D eigenvalue weighted by Crippen LogP contribution is 2.24. The summed E-state index contributed by atoms with van der Waals surface area (Å²) in [7, 11) is 0. The number of aromatic carboxylic acids is 1. The van der Waals surface area contributed by atoms with Gasteiger partial charge in [0.1, 0.15) is 11.0 Å². The number of carboxylic acid groups (broad SMARTS) is 1. The van der Waals surface area contributed by atoms with Gasteiger partial charge in [-0.2, -0.15) is 0 Å². The van der Waals surface area contributed by atoms with Crippen LogP contribution in [0.4, 0.5) is 0 Å². The Morgan fingerprint density at radius 2 is 1.87 bits per heavy atom. The number of carboxylic acids is 1. The summed E-state index contributed by atoms with van der Waals surface area (Å²) in [5, 5.41) is 20.6. The lowest BCUT2D eigenvalue weighted by molar-refractivity contribution is 0.0697. The van der Waals surface area contributed by atoms with Gasteiger partial charge in [-0.15, -0.1) is 5.10 Å². The molecule has 3 aromatic rings. The summed E-state index contributed by atoms with van der Waals surface area (Å²) >= 11 is 0. The lowest BCUT2D eigenvalue weighted by Crippen LogP contribution is -2.12. The number of nitrogens with one attached hydrogen (secondary N) is 1. The summed E-state index contributed by atoms with van der Waals surface area (Å²) in [6, 6.07) is 11.7. The first-order valence-corrected chi connectivity index (χ1v) is 6.76. The molecule has 1 aliphatic rings. The molecule has 0 aliphatic carbocycles. The molecular formula is C15H10N4O4. The van der Waals surface area contributed by atoms with Crippen molar-refractivity contribution in [2.75, 3.05) is 0 Å². The molecule has 0 radical (unpaired) electrons. The number of aromatic nitrogens is 2. The molecule has 114 valence electrons. The van der Waals surface area contributed by atoms with Crippen LogP contribution in [0.3, 0.4) is 0 Å². The standard InChI is InChI=1S/C15H10N4O4/c20-15(21)9-3-1-8(2-4-9)13-16-17-14(22-13)10-5-6-11-12(7-10)19-23-18-11/h1-7,14,17H,(H,20,21). The zero-order chi connectivity index (χ0) is 15.8. The van der Waals surface area contributed by atoms with Crippen molar-refractivity contribution in [3.05, 3.63) is 59.2 Å². The number of hydrazone groups is 1. The van der Waals surface area contributed by atoms with E-state index in [1.807, 2.05) is 6.07 Å². The van der Waals surface area contributed by atoms with Gasteiger partial charge in [0.05, 0.1) is 5.56 Å². The van der Waals surface area contributed by atoms with Gasteiger partial charge in [-0.25, -0.2) is 9.42 Å². The number of hydrogen-bond donors (Lipinski definition) is 2. The van der Waals surface area contributed by atoms with Gasteiger partial charge >= 0.3 is 5.97 Å². The Labute approximate surface area is 129 Å². The third kappa shape index (κ3) is 2.35. The number of nitrogens with zero attached hydrogens (tertiary/aromatic N) is 3. The van der Waals surface area contributed by atoms with E-state index < -0.39 is 12.2 Å². The lowest BCUT2D eigenvalue weighted by Gasteiger charge is -2.11. The van der Waals surface area contributed by atoms with Crippen molar-refractivity contribution in [1.82, 2.24) is 15.7 Å². The highest BCUT2D eigenvalue weighted by molar-refractivity contribution is 5.96. The number of carbonyl (C=O) groups is 1. The normalized spacial score (nSPS) is 16.7. The number of ether oxygens (including phenoxy) is 1. The number of hydrogen-bond acceptors (Lipinski definition) is 7. The maximum atomic E-state index is 10.9. The molecule has 1 unspecified atom stereocenters. The van der Waals surface area contributed by atoms with Crippen LogP contribution in [0.15, 0.2) is 52.2 Å². The predicted molar refractivity (Wildman–Crippen MR) is 78.7 cm³/mol. The molecule has 0 fully saturated rings. The first-order valence-electron chi connectivity index (χ1n) is 6.76. The molecule has 1 atom stereocenters. The van der Waals surface area contributed by atoms with Crippen molar-refractivity contribution in [3.8, 4) is 0 Å². The number of rotatable bonds is 3. The first kappa shape index (κ1) is 13.3. The van der Waals surface area contributed by atoms with Gasteiger partial charge in [0, 0.05) is 11.1 Å². The fourth-order valence-corrected chi connectivity index (χ4v) is 2.27. The Bertz CT molecular complexity index is 917. The molecule has 8 heteroatoms. The van der Waals surface area contributed by atoms with Gasteiger partial charge < -0.3 is 9.84 Å². The molecule has 0 spiro atoms. The molecule has 4 rings (SSSR count). The molecule has 2 heterocycles. The van der Waals surface area contributed by atoms with E-state index in [1.165, 1.54) is 12.1 Å². The fraction of sp³-hybridized carbons (Fsp3) is 0.0667. The molecule has 0 saturated carbocycles. The van der Waals surface area contributed by atoms with E-state index in [0.29, 0.717) is 22.5 Å². The molecule has 0 bridgehead atoms. The van der Waals surface area contributed by atoms with E-state index in [9.17, 15) is 4.79 Å². The van der Waals surface area contributed by atoms with Crippen LogP contribution in [-0.4, -0.2) is 27.3 Å². The van der Waals surface area contributed by atoms with Crippen LogP contribution < -0.4 is 5.43 Å². The SMILES string of the molecule is O=C(O)c1ccc(C2=NNC(c3ccc4nonc4c3)O2)cc1. The zero-order valence-electron chi connectivity index (χ0n) is 11.6. The second-order valence-corrected chi connectivity index (χ2v) is 4.94. The van der Waals surface area contributed by atoms with Gasteiger partial charge in [0.15, 0.2) is 0 Å². The summed E-state index contributed by atoms with van der Waals surface area (Å²) in [5.74, 6) is -0.582. The highest BCUT2D eigenvalue weighted by atomic mass is 16.6. The maximum Gasteiger partial charge on any atom is 0.335 e. The van der Waals surface area contributed by atoms with Crippen molar-refractivity contribution >= 4 is 22.9 Å². The van der Waals surface area contributed by atoms with E-state index in [4.69, 9.17) is 9.84 Å². The number of benzene rings is 2. The largest absolute Gasteiger partial charge is 0.478 e. The molecule has 2 N–H and O–H groups in total. The number of fused-ring (bicyclic) bond motifs is 1. The molecule has 1 aliphatic heterocycles. The van der Waals surface area contributed by atoms with Crippen molar-refractivity contribution in [2.24, 2.45) is 5.10 Å². The minimum absolute atomic E-state index is 0.209. The van der Waals surface area contributed by atoms with Crippen LogP contribution in [0.1, 0.15) is 27.7 Å². The van der Waals surface area contributed by atoms with Crippen LogP contribution in [0.2, 0.25) is 0 Å². The van der Waals surface area contributed by atoms with E-state index in [1.54, 1.807) is 24.3 Å². The fourth-order valence-electron chi connectivity index (χ4n) is 2.27. The van der Waals surface area contributed by atoms with Crippen molar-refractivity contribution in [2.45, 2.75) is 6.23 Å². The van der Waals surface area contributed by atoms with Gasteiger partial charge in [-0.1, -0.05) is 6.07 Å². The highest BCUT2D eigenvalue weighted by Gasteiger charge is 2.23. The molecule has 2 aromatic carbocycles. The van der Waals surface area contributed by atoms with Crippen LogP contribution in [0, 0.1) is 0 Å². The van der Waals surface area contributed by atoms with Crippen molar-refractivity contribution in [3.63, 3.8) is 0 Å². The molecule has 23 heavy (non-hydrogen) atoms. The van der Waals surface area contributed by atoms with Gasteiger partial charge in [0.2, 0.25) is 12.1 Å². The second kappa shape index (κ2) is 5.09. The third-order valence-electron chi connectivity index (χ3n) is 3.47. The molecule has 8 nitrogen and oxygen atoms in total. The van der Waals surface area contributed by atoms with Gasteiger partial charge in [-0.05, 0) is 46.7 Å². The summed E-state index contributed by atoms with van der Waals surface area (Å²) in [5.41, 5.74) is 5.91. The second-order valence-electron chi connectivity index (χ2n) is 4.94. The predicted octanol–water partition coefficient (Wildman–Crippen LogP) is 1.90. The molecule has 0 amide bonds. The minimum atomic E-state index is -0.976. The summed E-state index contributed by atoms with van der Waals surface area (Å²) in [6.45, 7) is 0. The average Bonchev–Trinajstić information content (AvgIpc) is 3.23. The average molecular weight is 310 g/mol. The lowest BCUT2D eigenvalue weighted by atomic mass is 10.1. The first-order chi connectivity index (χ1) is 11.2. The maximum absolute atomic E-state index is 10.9. The third-order valence-corrected chi connectivity index (χ3v) is 3.47. The van der Waals surface area contributed by atoms with E-state index in [2.05, 4.69) is 25.5 Å². The van der Waals surface area contributed by atoms with E-state index >= 15 is 0 Å². The Morgan fingerprint density at radius 1 is 1.09 bits per heavy atom. The smallest absolute Gasteiger partial charge is 0.335 e. The monoisotopic (exact) mass is 310 g/mol. The van der Waals surface area contributed by atoms with Gasteiger partial charge in [-0.3, -0.25) is 5.43 Å². The van der Waals surface area contributed by atoms with Gasteiger partial charge in [0.25, 0.3) is 0 Å². The van der Waals surface area contributed by atoms with Crippen molar-refractivity contribution < 1.29 is 19.3 Å². The summed E-state index contributed by atoms with van der Waals surface area (Å²) in [4.78, 5) is 10.9. The Morgan fingerprint density at radius 3 is 2.65 bits per heavy atom. The minimum Gasteiger partial charge on any atom is -0.478 e. The molecular weight excluding hydrogens is 300 g/mol. The Kier molecular flexibility index (Phi) is 2.94. The van der Waals surface area contributed by atoms with Crippen LogP contribution >= 0.6 is 0 Å². The van der Waals surface area contributed by atoms with Crippen LogP contribution in [0.5, 0.6) is 0 Å². The summed E-state index contributed by atoms with van der Waals surface area (Å²) < 4.78 is 10.4. The van der Waals surface area contributed by atoms with Crippen LogP contribution in [-0.2, 0) is 4.74 Å². The Hall–Kier alpha value is -3.42. The Balaban J connectivity index is 1.54. The zero-order valence-corrected chi connectivity index (χ0v) is 11.6. The quantitative estimate of drug-likeness (QED) is 0.760. The van der Waals surface area contributed by atoms with Crippen LogP contribution in [0.25, 0.3) is 11.0 Å².